The highest BCUT2D eigenvalue weighted by Crippen LogP contribution is 2.22. The summed E-state index contributed by atoms with van der Waals surface area (Å²) in [6.45, 7) is 1.89. The number of sulfonamides is 1. The van der Waals surface area contributed by atoms with Gasteiger partial charge >= 0.3 is 0 Å². The Morgan fingerprint density at radius 1 is 1.00 bits per heavy atom. The van der Waals surface area contributed by atoms with E-state index < -0.39 is 21.7 Å². The number of halogens is 2. The van der Waals surface area contributed by atoms with Crippen molar-refractivity contribution >= 4 is 43.2 Å². The molecule has 0 unspecified atom stereocenters. The van der Waals surface area contributed by atoms with Crippen LogP contribution in [0.3, 0.4) is 0 Å². The number of benzene rings is 3. The van der Waals surface area contributed by atoms with E-state index in [1.165, 1.54) is 42.5 Å². The molecule has 0 spiro atoms. The standard InChI is InChI=1S/C20H16BrFN2O3S/c1-13-11-15(9-10-17(13)21)23-20(25)14-5-4-6-16(12-14)28(26,27)24-19-8-3-2-7-18(19)22/h2-12,24H,1H3,(H,23,25). The maximum absolute atomic E-state index is 13.8. The second-order valence-electron chi connectivity index (χ2n) is 6.03. The molecular formula is C20H16BrFN2O3S. The molecular weight excluding hydrogens is 447 g/mol. The summed E-state index contributed by atoms with van der Waals surface area (Å²) in [4.78, 5) is 12.4. The second-order valence-corrected chi connectivity index (χ2v) is 8.57. The van der Waals surface area contributed by atoms with Gasteiger partial charge in [0, 0.05) is 15.7 Å². The lowest BCUT2D eigenvalue weighted by molar-refractivity contribution is 0.102. The molecule has 0 saturated carbocycles. The van der Waals surface area contributed by atoms with Crippen LogP contribution in [0.5, 0.6) is 0 Å². The fourth-order valence-corrected chi connectivity index (χ4v) is 3.84. The summed E-state index contributed by atoms with van der Waals surface area (Å²) in [7, 11) is -4.05. The number of anilines is 2. The van der Waals surface area contributed by atoms with Crippen LogP contribution in [-0.2, 0) is 10.0 Å². The smallest absolute Gasteiger partial charge is 0.262 e. The average molecular weight is 463 g/mol. The summed E-state index contributed by atoms with van der Waals surface area (Å²) in [5.41, 5.74) is 1.53. The highest BCUT2D eigenvalue weighted by molar-refractivity contribution is 9.10. The first-order valence-corrected chi connectivity index (χ1v) is 10.5. The molecule has 0 fully saturated rings. The molecule has 8 heteroatoms. The molecule has 0 aliphatic rings. The van der Waals surface area contributed by atoms with E-state index in [2.05, 4.69) is 26.0 Å². The van der Waals surface area contributed by atoms with Crippen molar-refractivity contribution < 1.29 is 17.6 Å². The van der Waals surface area contributed by atoms with E-state index in [1.54, 1.807) is 12.1 Å². The van der Waals surface area contributed by atoms with Crippen LogP contribution >= 0.6 is 15.9 Å². The molecule has 3 rings (SSSR count). The van der Waals surface area contributed by atoms with Crippen LogP contribution in [0.4, 0.5) is 15.8 Å². The zero-order chi connectivity index (χ0) is 20.3. The summed E-state index contributed by atoms with van der Waals surface area (Å²) >= 11 is 3.39. The predicted octanol–water partition coefficient (Wildman–Crippen LogP) is 4.95. The van der Waals surface area contributed by atoms with Gasteiger partial charge in [-0.3, -0.25) is 9.52 Å². The van der Waals surface area contributed by atoms with E-state index in [1.807, 2.05) is 13.0 Å². The summed E-state index contributed by atoms with van der Waals surface area (Å²) in [6.07, 6.45) is 0. The van der Waals surface area contributed by atoms with Gasteiger partial charge in [-0.15, -0.1) is 0 Å². The predicted molar refractivity (Wildman–Crippen MR) is 110 cm³/mol. The number of nitrogens with one attached hydrogen (secondary N) is 2. The van der Waals surface area contributed by atoms with E-state index >= 15 is 0 Å². The molecule has 0 radical (unpaired) electrons. The third kappa shape index (κ3) is 4.58. The van der Waals surface area contributed by atoms with Crippen LogP contribution in [0.1, 0.15) is 15.9 Å². The van der Waals surface area contributed by atoms with Gasteiger partial charge in [0.2, 0.25) is 0 Å². The first-order chi connectivity index (χ1) is 13.3. The molecule has 144 valence electrons. The first-order valence-electron chi connectivity index (χ1n) is 8.21. The Balaban J connectivity index is 1.83. The van der Waals surface area contributed by atoms with Crippen molar-refractivity contribution in [3.8, 4) is 0 Å². The lowest BCUT2D eigenvalue weighted by Gasteiger charge is -2.11. The largest absolute Gasteiger partial charge is 0.322 e. The Morgan fingerprint density at radius 2 is 1.75 bits per heavy atom. The van der Waals surface area contributed by atoms with E-state index in [-0.39, 0.29) is 16.1 Å². The van der Waals surface area contributed by atoms with E-state index in [9.17, 15) is 17.6 Å². The number of carbonyl (C=O) groups is 1. The second kappa shape index (κ2) is 8.12. The van der Waals surface area contributed by atoms with Crippen molar-refractivity contribution in [2.45, 2.75) is 11.8 Å². The topological polar surface area (TPSA) is 75.3 Å². The summed E-state index contributed by atoms with van der Waals surface area (Å²) in [5.74, 6) is -1.14. The SMILES string of the molecule is Cc1cc(NC(=O)c2cccc(S(=O)(=O)Nc3ccccc3F)c2)ccc1Br. The molecule has 28 heavy (non-hydrogen) atoms. The van der Waals surface area contributed by atoms with Gasteiger partial charge in [-0.05, 0) is 61.0 Å². The molecule has 0 aliphatic heterocycles. The molecule has 1 amide bonds. The Labute approximate surface area is 170 Å². The normalized spacial score (nSPS) is 11.1. The quantitative estimate of drug-likeness (QED) is 0.563. The van der Waals surface area contributed by atoms with Gasteiger partial charge in [0.15, 0.2) is 0 Å². The maximum atomic E-state index is 13.8. The zero-order valence-corrected chi connectivity index (χ0v) is 17.1. The van der Waals surface area contributed by atoms with Crippen LogP contribution in [0.15, 0.2) is 76.1 Å². The molecule has 0 atom stereocenters. The molecule has 5 nitrogen and oxygen atoms in total. The van der Waals surface area contributed by atoms with Gasteiger partial charge in [-0.2, -0.15) is 0 Å². The molecule has 2 N–H and O–H groups in total. The van der Waals surface area contributed by atoms with Crippen molar-refractivity contribution in [3.05, 3.63) is 88.1 Å². The molecule has 0 heterocycles. The monoisotopic (exact) mass is 462 g/mol. The number of rotatable bonds is 5. The fourth-order valence-electron chi connectivity index (χ4n) is 2.48. The van der Waals surface area contributed by atoms with Gasteiger partial charge in [0.05, 0.1) is 10.6 Å². The Bertz CT molecular complexity index is 1150. The number of amides is 1. The Hall–Kier alpha value is -2.71. The van der Waals surface area contributed by atoms with Crippen molar-refractivity contribution in [3.63, 3.8) is 0 Å². The summed E-state index contributed by atoms with van der Waals surface area (Å²) in [6, 6.07) is 16.3. The van der Waals surface area contributed by atoms with Gasteiger partial charge in [-0.1, -0.05) is 34.1 Å². The van der Waals surface area contributed by atoms with Crippen LogP contribution in [0.2, 0.25) is 0 Å². The molecule has 0 aromatic heterocycles. The summed E-state index contributed by atoms with van der Waals surface area (Å²) in [5, 5.41) is 2.73. The number of hydrogen-bond donors (Lipinski definition) is 2. The molecule has 0 aliphatic carbocycles. The fraction of sp³-hybridized carbons (Fsp3) is 0.0500. The number of aryl methyl sites for hydroxylation is 1. The number of hydrogen-bond acceptors (Lipinski definition) is 3. The van der Waals surface area contributed by atoms with E-state index in [0.717, 1.165) is 16.1 Å². The highest BCUT2D eigenvalue weighted by atomic mass is 79.9. The minimum absolute atomic E-state index is 0.143. The van der Waals surface area contributed by atoms with Crippen LogP contribution in [0, 0.1) is 12.7 Å². The first kappa shape index (κ1) is 20.0. The molecule has 0 bridgehead atoms. The third-order valence-corrected chi connectivity index (χ3v) is 6.19. The minimum atomic E-state index is -4.05. The maximum Gasteiger partial charge on any atom is 0.262 e. The lowest BCUT2D eigenvalue weighted by Crippen LogP contribution is -2.16. The minimum Gasteiger partial charge on any atom is -0.322 e. The van der Waals surface area contributed by atoms with Crippen molar-refractivity contribution in [2.24, 2.45) is 0 Å². The Morgan fingerprint density at radius 3 is 2.46 bits per heavy atom. The van der Waals surface area contributed by atoms with E-state index in [0.29, 0.717) is 5.69 Å². The van der Waals surface area contributed by atoms with Crippen LogP contribution in [-0.4, -0.2) is 14.3 Å². The Kier molecular flexibility index (Phi) is 5.81. The lowest BCUT2D eigenvalue weighted by atomic mass is 10.2. The molecule has 3 aromatic rings. The van der Waals surface area contributed by atoms with Gasteiger partial charge in [-0.25, -0.2) is 12.8 Å². The summed E-state index contributed by atoms with van der Waals surface area (Å²) < 4.78 is 42.0. The number of para-hydroxylation sites is 1. The highest BCUT2D eigenvalue weighted by Gasteiger charge is 2.18. The average Bonchev–Trinajstić information content (AvgIpc) is 2.66. The van der Waals surface area contributed by atoms with Crippen molar-refractivity contribution in [2.75, 3.05) is 10.0 Å². The van der Waals surface area contributed by atoms with Crippen molar-refractivity contribution in [1.82, 2.24) is 0 Å². The van der Waals surface area contributed by atoms with E-state index in [4.69, 9.17) is 0 Å². The third-order valence-electron chi connectivity index (χ3n) is 3.94. The zero-order valence-electron chi connectivity index (χ0n) is 14.7. The van der Waals surface area contributed by atoms with Gasteiger partial charge in [0.25, 0.3) is 15.9 Å². The number of carbonyl (C=O) groups excluding carboxylic acids is 1. The molecule has 3 aromatic carbocycles. The van der Waals surface area contributed by atoms with Crippen LogP contribution in [0.25, 0.3) is 0 Å². The van der Waals surface area contributed by atoms with Crippen LogP contribution < -0.4 is 10.0 Å². The van der Waals surface area contributed by atoms with Crippen molar-refractivity contribution in [1.29, 1.82) is 0 Å². The van der Waals surface area contributed by atoms with Gasteiger partial charge in [0.1, 0.15) is 5.82 Å². The van der Waals surface area contributed by atoms with Gasteiger partial charge < -0.3 is 5.32 Å². The molecule has 0 saturated heterocycles.